The minimum Gasteiger partial charge on any atom is -0.492 e. The number of nitrogens with zero attached hydrogens (tertiary/aromatic N) is 1. The summed E-state index contributed by atoms with van der Waals surface area (Å²) in [5.74, 6) is 0.713. The Morgan fingerprint density at radius 2 is 1.65 bits per heavy atom. The molecule has 0 saturated heterocycles. The van der Waals surface area contributed by atoms with Crippen LogP contribution in [-0.4, -0.2) is 40.2 Å². The molecule has 0 amide bonds. The van der Waals surface area contributed by atoms with Crippen LogP contribution in [0.2, 0.25) is 19.6 Å². The van der Waals surface area contributed by atoms with E-state index in [0.717, 1.165) is 6.54 Å². The largest absolute Gasteiger partial charge is 0.492 e. The Hall–Kier alpha value is -1.20. The third-order valence-corrected chi connectivity index (χ3v) is 4.87. The molecule has 1 aromatic carbocycles. The molecule has 1 rings (SSSR count). The van der Waals surface area contributed by atoms with E-state index in [1.54, 1.807) is 24.3 Å². The second-order valence-electron chi connectivity index (χ2n) is 6.06. The van der Waals surface area contributed by atoms with Gasteiger partial charge in [-0.25, -0.2) is 0 Å². The molecule has 0 radical (unpaired) electrons. The fraction of sp³-hybridized carbons (Fsp3) is 0.467. The predicted molar refractivity (Wildman–Crippen MR) is 83.0 cm³/mol. The molecule has 0 aliphatic heterocycles. The molecule has 1 aromatic rings. The zero-order valence-electron chi connectivity index (χ0n) is 12.8. The highest BCUT2D eigenvalue weighted by Crippen LogP contribution is 2.31. The van der Waals surface area contributed by atoms with Gasteiger partial charge >= 0.3 is 0 Å². The summed E-state index contributed by atoms with van der Waals surface area (Å²) in [5.41, 5.74) is 0.601. The minimum atomic E-state index is -2.07. The van der Waals surface area contributed by atoms with Gasteiger partial charge in [-0.05, 0) is 31.8 Å². The number of hydrogen-bond acceptors (Lipinski definition) is 2. The van der Waals surface area contributed by atoms with E-state index in [9.17, 15) is 8.78 Å². The van der Waals surface area contributed by atoms with Gasteiger partial charge in [0.2, 0.25) is 0 Å². The molecule has 5 heteroatoms. The van der Waals surface area contributed by atoms with E-state index in [2.05, 4.69) is 0 Å². The molecule has 20 heavy (non-hydrogen) atoms. The number of likely N-dealkylation sites (N-methyl/N-ethyl adjacent to an activating group) is 1. The molecule has 0 atom stereocenters. The van der Waals surface area contributed by atoms with Gasteiger partial charge in [0.25, 0.3) is 6.08 Å². The maximum absolute atomic E-state index is 13.2. The van der Waals surface area contributed by atoms with E-state index in [1.165, 1.54) is 0 Å². The molecule has 0 aliphatic rings. The van der Waals surface area contributed by atoms with Gasteiger partial charge in [-0.15, -0.1) is 0 Å². The number of halogens is 2. The Labute approximate surface area is 121 Å². The molecular weight excluding hydrogens is 276 g/mol. The first kappa shape index (κ1) is 16.9. The molecule has 112 valence electrons. The molecule has 2 nitrogen and oxygen atoms in total. The number of hydrogen-bond donors (Lipinski definition) is 0. The van der Waals surface area contributed by atoms with Crippen molar-refractivity contribution in [3.63, 3.8) is 0 Å². The molecule has 0 saturated carbocycles. The summed E-state index contributed by atoms with van der Waals surface area (Å²) < 4.78 is 31.9. The Morgan fingerprint density at radius 1 is 1.10 bits per heavy atom. The summed E-state index contributed by atoms with van der Waals surface area (Å²) in [7, 11) is 1.88. The lowest BCUT2D eigenvalue weighted by atomic mass is 10.2. The van der Waals surface area contributed by atoms with Gasteiger partial charge < -0.3 is 9.64 Å². The quantitative estimate of drug-likeness (QED) is 0.733. The maximum Gasteiger partial charge on any atom is 0.270 e. The topological polar surface area (TPSA) is 12.5 Å². The lowest BCUT2D eigenvalue weighted by molar-refractivity contribution is 0.261. The molecule has 0 heterocycles. The van der Waals surface area contributed by atoms with Crippen molar-refractivity contribution in [2.75, 3.05) is 27.2 Å². The summed E-state index contributed by atoms with van der Waals surface area (Å²) >= 11 is 0. The summed E-state index contributed by atoms with van der Waals surface area (Å²) in [6.07, 6.45) is -1.56. The molecule has 0 N–H and O–H groups in total. The third-order valence-electron chi connectivity index (χ3n) is 2.89. The Morgan fingerprint density at radius 3 is 2.05 bits per heavy atom. The average Bonchev–Trinajstić information content (AvgIpc) is 2.28. The summed E-state index contributed by atoms with van der Waals surface area (Å²) in [4.78, 5) is 2.03. The lowest BCUT2D eigenvalue weighted by Gasteiger charge is -2.20. The SMILES string of the molecule is CN(C)CCOc1ccc(C(=C(F)F)[Si](C)(C)C)cc1. The van der Waals surface area contributed by atoms with Gasteiger partial charge in [-0.2, -0.15) is 8.78 Å². The third kappa shape index (κ3) is 5.05. The normalized spacial score (nSPS) is 11.6. The van der Waals surface area contributed by atoms with E-state index in [0.29, 0.717) is 17.9 Å². The first-order valence-corrected chi connectivity index (χ1v) is 10.2. The maximum atomic E-state index is 13.2. The smallest absolute Gasteiger partial charge is 0.270 e. The van der Waals surface area contributed by atoms with Crippen LogP contribution in [0.15, 0.2) is 30.3 Å². The number of ether oxygens (including phenoxy) is 1. The molecule has 0 aromatic heterocycles. The van der Waals surface area contributed by atoms with Crippen LogP contribution in [0.4, 0.5) is 8.78 Å². The highest BCUT2D eigenvalue weighted by Gasteiger charge is 2.26. The molecule has 0 unspecified atom stereocenters. The van der Waals surface area contributed by atoms with Gasteiger partial charge in [0.15, 0.2) is 0 Å². The Kier molecular flexibility index (Phi) is 5.89. The molecule has 0 aliphatic carbocycles. The fourth-order valence-corrected chi connectivity index (χ4v) is 3.49. The molecule has 0 fully saturated rings. The lowest BCUT2D eigenvalue weighted by Crippen LogP contribution is -2.23. The second kappa shape index (κ2) is 6.99. The van der Waals surface area contributed by atoms with Gasteiger partial charge in [-0.3, -0.25) is 0 Å². The van der Waals surface area contributed by atoms with Crippen LogP contribution >= 0.6 is 0 Å². The van der Waals surface area contributed by atoms with E-state index < -0.39 is 14.2 Å². The molecular formula is C15H23F2NOSi. The van der Waals surface area contributed by atoms with Gasteiger partial charge in [0.1, 0.15) is 12.4 Å². The van der Waals surface area contributed by atoms with Crippen molar-refractivity contribution < 1.29 is 13.5 Å². The van der Waals surface area contributed by atoms with Crippen LogP contribution in [0.1, 0.15) is 5.56 Å². The van der Waals surface area contributed by atoms with E-state index in [-0.39, 0.29) is 5.20 Å². The van der Waals surface area contributed by atoms with Crippen molar-refractivity contribution in [3.8, 4) is 5.75 Å². The van der Waals surface area contributed by atoms with Crippen molar-refractivity contribution in [3.05, 3.63) is 35.9 Å². The van der Waals surface area contributed by atoms with E-state index >= 15 is 0 Å². The van der Waals surface area contributed by atoms with Crippen LogP contribution in [-0.2, 0) is 0 Å². The minimum absolute atomic E-state index is 0.220. The highest BCUT2D eigenvalue weighted by atomic mass is 28.3. The number of benzene rings is 1. The van der Waals surface area contributed by atoms with E-state index in [4.69, 9.17) is 4.74 Å². The Bertz CT molecular complexity index is 460. The van der Waals surface area contributed by atoms with Crippen LogP contribution in [0, 0.1) is 0 Å². The summed E-state index contributed by atoms with van der Waals surface area (Å²) in [6, 6.07) is 6.96. The van der Waals surface area contributed by atoms with Gasteiger partial charge in [-0.1, -0.05) is 31.8 Å². The summed E-state index contributed by atoms with van der Waals surface area (Å²) in [6.45, 7) is 7.16. The highest BCUT2D eigenvalue weighted by molar-refractivity contribution is 6.93. The zero-order valence-corrected chi connectivity index (χ0v) is 13.8. The fourth-order valence-electron chi connectivity index (χ4n) is 1.89. The summed E-state index contributed by atoms with van der Waals surface area (Å²) in [5, 5.41) is 0.220. The monoisotopic (exact) mass is 299 g/mol. The van der Waals surface area contributed by atoms with Crippen molar-refractivity contribution in [1.29, 1.82) is 0 Å². The van der Waals surface area contributed by atoms with Crippen molar-refractivity contribution in [1.82, 2.24) is 4.90 Å². The van der Waals surface area contributed by atoms with Gasteiger partial charge in [0.05, 0.1) is 8.07 Å². The van der Waals surface area contributed by atoms with Crippen molar-refractivity contribution >= 4 is 13.3 Å². The van der Waals surface area contributed by atoms with Crippen LogP contribution in [0.25, 0.3) is 5.20 Å². The van der Waals surface area contributed by atoms with Crippen LogP contribution < -0.4 is 4.74 Å². The molecule has 0 spiro atoms. The predicted octanol–water partition coefficient (Wildman–Crippen LogP) is 4.11. The van der Waals surface area contributed by atoms with Gasteiger partial charge in [0, 0.05) is 11.7 Å². The van der Waals surface area contributed by atoms with Crippen LogP contribution in [0.3, 0.4) is 0 Å². The zero-order chi connectivity index (χ0) is 15.3. The van der Waals surface area contributed by atoms with E-state index in [1.807, 2.05) is 38.6 Å². The first-order valence-electron chi connectivity index (χ1n) is 6.65. The van der Waals surface area contributed by atoms with Crippen molar-refractivity contribution in [2.45, 2.75) is 19.6 Å². The second-order valence-corrected chi connectivity index (χ2v) is 11.1. The first-order chi connectivity index (χ1) is 9.21. The molecule has 0 bridgehead atoms. The number of rotatable bonds is 6. The standard InChI is InChI=1S/C15H23F2NOSi/c1-18(2)10-11-19-13-8-6-12(7-9-13)14(15(16)17)20(3,4)5/h6-9H,10-11H2,1-5H3. The van der Waals surface area contributed by atoms with Crippen LogP contribution in [0.5, 0.6) is 5.75 Å². The Balaban J connectivity index is 2.83. The van der Waals surface area contributed by atoms with Crippen molar-refractivity contribution in [2.24, 2.45) is 0 Å². The average molecular weight is 299 g/mol.